The highest BCUT2D eigenvalue weighted by Crippen LogP contribution is 2.21. The molecule has 3 heteroatoms. The van der Waals surface area contributed by atoms with E-state index in [9.17, 15) is 0 Å². The van der Waals surface area contributed by atoms with Gasteiger partial charge in [-0.1, -0.05) is 25.4 Å². The SMILES string of the molecule is CC(C)c1cc2ncc(Cl)cc2[nH]1. The third-order valence-corrected chi connectivity index (χ3v) is 2.29. The van der Waals surface area contributed by atoms with E-state index in [0.717, 1.165) is 11.0 Å². The molecule has 13 heavy (non-hydrogen) atoms. The summed E-state index contributed by atoms with van der Waals surface area (Å²) in [6.07, 6.45) is 1.67. The highest BCUT2D eigenvalue weighted by molar-refractivity contribution is 6.31. The molecule has 0 amide bonds. The molecule has 0 aliphatic carbocycles. The molecule has 2 heterocycles. The third kappa shape index (κ3) is 1.54. The number of fused-ring (bicyclic) bond motifs is 1. The first kappa shape index (κ1) is 8.57. The van der Waals surface area contributed by atoms with Gasteiger partial charge in [0.15, 0.2) is 0 Å². The Balaban J connectivity index is 2.62. The first-order valence-electron chi connectivity index (χ1n) is 4.31. The number of halogens is 1. The third-order valence-electron chi connectivity index (χ3n) is 2.08. The van der Waals surface area contributed by atoms with Crippen LogP contribution in [-0.4, -0.2) is 9.97 Å². The molecule has 2 rings (SSSR count). The Kier molecular flexibility index (Phi) is 2.00. The number of H-pyrrole nitrogens is 1. The maximum Gasteiger partial charge on any atom is 0.0882 e. The summed E-state index contributed by atoms with van der Waals surface area (Å²) in [5, 5.41) is 0.671. The van der Waals surface area contributed by atoms with E-state index in [1.165, 1.54) is 5.69 Å². The number of aromatic amines is 1. The normalized spacial score (nSPS) is 11.4. The first-order chi connectivity index (χ1) is 6.16. The Bertz CT molecular complexity index is 431. The van der Waals surface area contributed by atoms with Crippen LogP contribution in [0.2, 0.25) is 5.02 Å². The molecule has 1 N–H and O–H groups in total. The quantitative estimate of drug-likeness (QED) is 0.741. The fraction of sp³-hybridized carbons (Fsp3) is 0.300. The predicted octanol–water partition coefficient (Wildman–Crippen LogP) is 3.34. The summed E-state index contributed by atoms with van der Waals surface area (Å²) in [5.74, 6) is 0.493. The number of hydrogen-bond acceptors (Lipinski definition) is 1. The van der Waals surface area contributed by atoms with Crippen molar-refractivity contribution in [1.29, 1.82) is 0 Å². The van der Waals surface area contributed by atoms with Crippen molar-refractivity contribution in [2.75, 3.05) is 0 Å². The van der Waals surface area contributed by atoms with Crippen LogP contribution in [0.1, 0.15) is 25.5 Å². The standard InChI is InChI=1S/C10H11ClN2/c1-6(2)8-4-9-10(13-8)3-7(11)5-12-9/h3-6,13H,1-2H3. The van der Waals surface area contributed by atoms with Gasteiger partial charge in [0.2, 0.25) is 0 Å². The van der Waals surface area contributed by atoms with E-state index in [1.807, 2.05) is 6.07 Å². The van der Waals surface area contributed by atoms with E-state index < -0.39 is 0 Å². The van der Waals surface area contributed by atoms with E-state index in [1.54, 1.807) is 6.20 Å². The van der Waals surface area contributed by atoms with Crippen molar-refractivity contribution >= 4 is 22.6 Å². The first-order valence-corrected chi connectivity index (χ1v) is 4.69. The minimum atomic E-state index is 0.493. The molecular formula is C10H11ClN2. The maximum atomic E-state index is 5.83. The molecule has 0 saturated heterocycles. The van der Waals surface area contributed by atoms with Crippen LogP contribution in [0.15, 0.2) is 18.3 Å². The highest BCUT2D eigenvalue weighted by atomic mass is 35.5. The van der Waals surface area contributed by atoms with E-state index in [-0.39, 0.29) is 0 Å². The van der Waals surface area contributed by atoms with Gasteiger partial charge in [-0.25, -0.2) is 0 Å². The Morgan fingerprint density at radius 1 is 1.38 bits per heavy atom. The van der Waals surface area contributed by atoms with Gasteiger partial charge in [-0.05, 0) is 18.1 Å². The Hall–Kier alpha value is -1.02. The minimum absolute atomic E-state index is 0.493. The van der Waals surface area contributed by atoms with Crippen LogP contribution in [0.25, 0.3) is 11.0 Å². The number of pyridine rings is 1. The van der Waals surface area contributed by atoms with Gasteiger partial charge in [0, 0.05) is 11.9 Å². The molecule has 2 aromatic heterocycles. The van der Waals surface area contributed by atoms with Crippen molar-refractivity contribution in [3.05, 3.63) is 29.0 Å². The number of nitrogens with zero attached hydrogens (tertiary/aromatic N) is 1. The summed E-state index contributed by atoms with van der Waals surface area (Å²) in [6.45, 7) is 4.29. The molecular weight excluding hydrogens is 184 g/mol. The summed E-state index contributed by atoms with van der Waals surface area (Å²) in [6, 6.07) is 3.96. The second-order valence-corrected chi connectivity index (χ2v) is 3.90. The molecule has 0 radical (unpaired) electrons. The van der Waals surface area contributed by atoms with Crippen molar-refractivity contribution in [2.24, 2.45) is 0 Å². The van der Waals surface area contributed by atoms with Crippen LogP contribution in [0.5, 0.6) is 0 Å². The largest absolute Gasteiger partial charge is 0.357 e. The summed E-state index contributed by atoms with van der Waals surface area (Å²) < 4.78 is 0. The van der Waals surface area contributed by atoms with Crippen LogP contribution in [0.3, 0.4) is 0 Å². The molecule has 0 atom stereocenters. The van der Waals surface area contributed by atoms with Gasteiger partial charge >= 0.3 is 0 Å². The summed E-state index contributed by atoms with van der Waals surface area (Å²) in [4.78, 5) is 7.51. The monoisotopic (exact) mass is 194 g/mol. The second kappa shape index (κ2) is 3.04. The second-order valence-electron chi connectivity index (χ2n) is 3.47. The number of rotatable bonds is 1. The van der Waals surface area contributed by atoms with Crippen molar-refractivity contribution < 1.29 is 0 Å². The zero-order valence-electron chi connectivity index (χ0n) is 7.63. The van der Waals surface area contributed by atoms with Gasteiger partial charge in [-0.3, -0.25) is 4.98 Å². The topological polar surface area (TPSA) is 28.7 Å². The number of hydrogen-bond donors (Lipinski definition) is 1. The lowest BCUT2D eigenvalue weighted by atomic mass is 10.1. The lowest BCUT2D eigenvalue weighted by Crippen LogP contribution is -1.84. The highest BCUT2D eigenvalue weighted by Gasteiger charge is 2.04. The fourth-order valence-corrected chi connectivity index (χ4v) is 1.47. The van der Waals surface area contributed by atoms with Crippen molar-refractivity contribution in [3.8, 4) is 0 Å². The van der Waals surface area contributed by atoms with Gasteiger partial charge in [-0.15, -0.1) is 0 Å². The van der Waals surface area contributed by atoms with Gasteiger partial charge < -0.3 is 4.98 Å². The van der Waals surface area contributed by atoms with E-state index in [0.29, 0.717) is 10.9 Å². The van der Waals surface area contributed by atoms with E-state index in [4.69, 9.17) is 11.6 Å². The average molecular weight is 195 g/mol. The predicted molar refractivity (Wildman–Crippen MR) is 55.2 cm³/mol. The van der Waals surface area contributed by atoms with Crippen molar-refractivity contribution in [3.63, 3.8) is 0 Å². The summed E-state index contributed by atoms with van der Waals surface area (Å²) >= 11 is 5.83. The maximum absolute atomic E-state index is 5.83. The van der Waals surface area contributed by atoms with Gasteiger partial charge in [0.05, 0.1) is 16.1 Å². The van der Waals surface area contributed by atoms with Crippen LogP contribution >= 0.6 is 11.6 Å². The Morgan fingerprint density at radius 3 is 2.85 bits per heavy atom. The fourth-order valence-electron chi connectivity index (χ4n) is 1.31. The van der Waals surface area contributed by atoms with Crippen LogP contribution in [0.4, 0.5) is 0 Å². The van der Waals surface area contributed by atoms with Gasteiger partial charge in [-0.2, -0.15) is 0 Å². The Morgan fingerprint density at radius 2 is 2.15 bits per heavy atom. The summed E-state index contributed by atoms with van der Waals surface area (Å²) in [7, 11) is 0. The van der Waals surface area contributed by atoms with Crippen molar-refractivity contribution in [1.82, 2.24) is 9.97 Å². The average Bonchev–Trinajstić information content (AvgIpc) is 2.46. The van der Waals surface area contributed by atoms with Crippen LogP contribution in [0, 0.1) is 0 Å². The lowest BCUT2D eigenvalue weighted by molar-refractivity contribution is 0.836. The van der Waals surface area contributed by atoms with Gasteiger partial charge in [0.1, 0.15) is 0 Å². The molecule has 0 aliphatic rings. The molecule has 0 fully saturated rings. The molecule has 0 aliphatic heterocycles. The lowest BCUT2D eigenvalue weighted by Gasteiger charge is -1.97. The molecule has 0 bridgehead atoms. The number of aromatic nitrogens is 2. The zero-order chi connectivity index (χ0) is 9.42. The van der Waals surface area contributed by atoms with E-state index in [2.05, 4.69) is 29.9 Å². The minimum Gasteiger partial charge on any atom is -0.357 e. The zero-order valence-corrected chi connectivity index (χ0v) is 8.39. The molecule has 0 aromatic carbocycles. The molecule has 0 saturated carbocycles. The van der Waals surface area contributed by atoms with Gasteiger partial charge in [0.25, 0.3) is 0 Å². The summed E-state index contributed by atoms with van der Waals surface area (Å²) in [5.41, 5.74) is 3.19. The van der Waals surface area contributed by atoms with E-state index >= 15 is 0 Å². The number of nitrogens with one attached hydrogen (secondary N) is 1. The Labute approximate surface area is 81.9 Å². The van der Waals surface area contributed by atoms with Crippen molar-refractivity contribution in [2.45, 2.75) is 19.8 Å². The molecule has 0 unspecified atom stereocenters. The molecule has 2 aromatic rings. The van der Waals surface area contributed by atoms with Crippen LogP contribution in [-0.2, 0) is 0 Å². The molecule has 68 valence electrons. The van der Waals surface area contributed by atoms with Crippen LogP contribution < -0.4 is 0 Å². The smallest absolute Gasteiger partial charge is 0.0882 e. The molecule has 0 spiro atoms. The molecule has 2 nitrogen and oxygen atoms in total.